The Kier molecular flexibility index (Phi) is 4.74. The van der Waals surface area contributed by atoms with E-state index in [9.17, 15) is 9.59 Å². The topological polar surface area (TPSA) is 85.2 Å². The van der Waals surface area contributed by atoms with Crippen LogP contribution in [0.4, 0.5) is 11.4 Å². The van der Waals surface area contributed by atoms with Crippen molar-refractivity contribution >= 4 is 23.2 Å². The number of aromatic nitrogens is 2. The minimum atomic E-state index is -0.262. The fourth-order valence-electron chi connectivity index (χ4n) is 3.00. The highest BCUT2D eigenvalue weighted by Gasteiger charge is 2.19. The van der Waals surface area contributed by atoms with Gasteiger partial charge in [0.05, 0.1) is 22.8 Å². The second-order valence-electron chi connectivity index (χ2n) is 6.04. The molecule has 0 fully saturated rings. The van der Waals surface area contributed by atoms with E-state index in [1.807, 2.05) is 37.6 Å². The molecule has 3 rings (SSSR count). The van der Waals surface area contributed by atoms with Crippen LogP contribution in [0.1, 0.15) is 30.3 Å². The Morgan fingerprint density at radius 1 is 1.36 bits per heavy atom. The van der Waals surface area contributed by atoms with Crippen molar-refractivity contribution in [1.82, 2.24) is 9.78 Å². The van der Waals surface area contributed by atoms with E-state index < -0.39 is 0 Å². The van der Waals surface area contributed by atoms with Crippen LogP contribution in [0, 0.1) is 13.8 Å². The number of hydrogen-bond donors (Lipinski definition) is 2. The quantitative estimate of drug-likeness (QED) is 0.874. The second kappa shape index (κ2) is 6.96. The van der Waals surface area contributed by atoms with Gasteiger partial charge in [-0.2, -0.15) is 5.10 Å². The van der Waals surface area contributed by atoms with Gasteiger partial charge in [0.2, 0.25) is 5.91 Å². The zero-order valence-electron chi connectivity index (χ0n) is 14.7. The van der Waals surface area contributed by atoms with Crippen LogP contribution in [-0.4, -0.2) is 28.2 Å². The van der Waals surface area contributed by atoms with E-state index >= 15 is 0 Å². The molecular formula is C18H22N4O3. The molecule has 0 unspecified atom stereocenters. The molecule has 1 aliphatic rings. The summed E-state index contributed by atoms with van der Waals surface area (Å²) in [5.41, 5.74) is 4.10. The van der Waals surface area contributed by atoms with Crippen molar-refractivity contribution in [2.24, 2.45) is 0 Å². The molecule has 1 aromatic heterocycles. The minimum absolute atomic E-state index is 0.0359. The van der Waals surface area contributed by atoms with Gasteiger partial charge in [-0.3, -0.25) is 14.3 Å². The van der Waals surface area contributed by atoms with E-state index in [2.05, 4.69) is 15.7 Å². The predicted molar refractivity (Wildman–Crippen MR) is 94.9 cm³/mol. The number of amides is 2. The lowest BCUT2D eigenvalue weighted by Gasteiger charge is -2.20. The van der Waals surface area contributed by atoms with Gasteiger partial charge in [-0.25, -0.2) is 0 Å². The van der Waals surface area contributed by atoms with Gasteiger partial charge in [0.25, 0.3) is 5.91 Å². The minimum Gasteiger partial charge on any atom is -0.482 e. The average molecular weight is 342 g/mol. The summed E-state index contributed by atoms with van der Waals surface area (Å²) in [4.78, 5) is 23.9. The molecule has 0 spiro atoms. The number of nitrogens with zero attached hydrogens (tertiary/aromatic N) is 2. The normalized spacial score (nSPS) is 13.2. The van der Waals surface area contributed by atoms with Crippen LogP contribution in [0.25, 0.3) is 0 Å². The molecule has 0 atom stereocenters. The molecule has 0 aliphatic carbocycles. The zero-order valence-corrected chi connectivity index (χ0v) is 14.7. The van der Waals surface area contributed by atoms with Crippen LogP contribution < -0.4 is 15.4 Å². The predicted octanol–water partition coefficient (Wildman–Crippen LogP) is 2.42. The van der Waals surface area contributed by atoms with Crippen LogP contribution >= 0.6 is 0 Å². The van der Waals surface area contributed by atoms with Gasteiger partial charge >= 0.3 is 0 Å². The summed E-state index contributed by atoms with van der Waals surface area (Å²) in [6.45, 7) is 6.39. The number of aryl methyl sites for hydroxylation is 3. The Labute approximate surface area is 146 Å². The lowest BCUT2D eigenvalue weighted by atomic mass is 10.0. The Hall–Kier alpha value is -2.83. The van der Waals surface area contributed by atoms with Crippen molar-refractivity contribution in [2.75, 3.05) is 17.2 Å². The monoisotopic (exact) mass is 342 g/mol. The zero-order chi connectivity index (χ0) is 18.0. The largest absolute Gasteiger partial charge is 0.482 e. The molecule has 1 aliphatic heterocycles. The SMILES string of the molecule is CCn1nc(C)c(NC(=O)COc2cccc3c2NC(=O)CC3)c1C. The lowest BCUT2D eigenvalue weighted by Crippen LogP contribution is -2.23. The number of fused-ring (bicyclic) bond motifs is 1. The van der Waals surface area contributed by atoms with Gasteiger partial charge in [0.15, 0.2) is 6.61 Å². The number of anilines is 2. The van der Waals surface area contributed by atoms with Gasteiger partial charge in [0.1, 0.15) is 5.75 Å². The molecule has 2 N–H and O–H groups in total. The fraction of sp³-hybridized carbons (Fsp3) is 0.389. The maximum atomic E-state index is 12.3. The van der Waals surface area contributed by atoms with Crippen molar-refractivity contribution in [3.8, 4) is 5.75 Å². The van der Waals surface area contributed by atoms with Gasteiger partial charge in [-0.05, 0) is 38.8 Å². The molecule has 25 heavy (non-hydrogen) atoms. The first kappa shape index (κ1) is 17.0. The van der Waals surface area contributed by atoms with Crippen molar-refractivity contribution in [1.29, 1.82) is 0 Å². The molecule has 2 heterocycles. The average Bonchev–Trinajstić information content (AvgIpc) is 2.87. The molecular weight excluding hydrogens is 320 g/mol. The number of ether oxygens (including phenoxy) is 1. The highest BCUT2D eigenvalue weighted by molar-refractivity contribution is 5.96. The summed E-state index contributed by atoms with van der Waals surface area (Å²) in [6, 6.07) is 5.57. The Bertz CT molecular complexity index is 826. The first-order valence-corrected chi connectivity index (χ1v) is 8.38. The summed E-state index contributed by atoms with van der Waals surface area (Å²) < 4.78 is 7.49. The number of hydrogen-bond acceptors (Lipinski definition) is 4. The Morgan fingerprint density at radius 3 is 2.88 bits per heavy atom. The molecule has 0 radical (unpaired) electrons. The number of benzene rings is 1. The number of nitrogens with one attached hydrogen (secondary N) is 2. The van der Waals surface area contributed by atoms with Gasteiger partial charge < -0.3 is 15.4 Å². The molecule has 0 saturated heterocycles. The third-order valence-corrected chi connectivity index (χ3v) is 4.30. The molecule has 1 aromatic carbocycles. The van der Waals surface area contributed by atoms with Crippen LogP contribution in [0.2, 0.25) is 0 Å². The molecule has 0 bridgehead atoms. The van der Waals surface area contributed by atoms with Crippen molar-refractivity contribution in [2.45, 2.75) is 40.2 Å². The maximum Gasteiger partial charge on any atom is 0.262 e. The van der Waals surface area contributed by atoms with E-state index in [4.69, 9.17) is 4.74 Å². The van der Waals surface area contributed by atoms with E-state index in [1.54, 1.807) is 6.07 Å². The second-order valence-corrected chi connectivity index (χ2v) is 6.04. The molecule has 2 aromatic rings. The summed E-state index contributed by atoms with van der Waals surface area (Å²) >= 11 is 0. The number of carbonyl (C=O) groups excluding carboxylic acids is 2. The van der Waals surface area contributed by atoms with Crippen molar-refractivity contribution in [3.05, 3.63) is 35.2 Å². The number of carbonyl (C=O) groups is 2. The van der Waals surface area contributed by atoms with Gasteiger partial charge in [-0.1, -0.05) is 12.1 Å². The first-order chi connectivity index (χ1) is 12.0. The smallest absolute Gasteiger partial charge is 0.262 e. The van der Waals surface area contributed by atoms with E-state index in [1.165, 1.54) is 0 Å². The summed E-state index contributed by atoms with van der Waals surface area (Å²) in [5.74, 6) is 0.214. The summed E-state index contributed by atoms with van der Waals surface area (Å²) in [5, 5.41) is 10.1. The molecule has 132 valence electrons. The Balaban J connectivity index is 1.68. The maximum absolute atomic E-state index is 12.3. The molecule has 7 heteroatoms. The van der Waals surface area contributed by atoms with E-state index in [0.717, 1.165) is 29.2 Å². The summed E-state index contributed by atoms with van der Waals surface area (Å²) in [7, 11) is 0. The van der Waals surface area contributed by atoms with E-state index in [-0.39, 0.29) is 18.4 Å². The fourth-order valence-corrected chi connectivity index (χ4v) is 3.00. The highest BCUT2D eigenvalue weighted by Crippen LogP contribution is 2.32. The van der Waals surface area contributed by atoms with Gasteiger partial charge in [-0.15, -0.1) is 0 Å². The molecule has 2 amide bonds. The highest BCUT2D eigenvalue weighted by atomic mass is 16.5. The van der Waals surface area contributed by atoms with E-state index in [0.29, 0.717) is 24.3 Å². The van der Waals surface area contributed by atoms with Crippen LogP contribution in [0.3, 0.4) is 0 Å². The van der Waals surface area contributed by atoms with Crippen LogP contribution in [0.15, 0.2) is 18.2 Å². The summed E-state index contributed by atoms with van der Waals surface area (Å²) in [6.07, 6.45) is 1.15. The molecule has 0 saturated carbocycles. The lowest BCUT2D eigenvalue weighted by molar-refractivity contribution is -0.118. The molecule has 7 nitrogen and oxygen atoms in total. The first-order valence-electron chi connectivity index (χ1n) is 8.38. The third kappa shape index (κ3) is 3.50. The van der Waals surface area contributed by atoms with Crippen molar-refractivity contribution in [3.63, 3.8) is 0 Å². The van der Waals surface area contributed by atoms with Crippen molar-refractivity contribution < 1.29 is 14.3 Å². The van der Waals surface area contributed by atoms with Crippen LogP contribution in [-0.2, 0) is 22.6 Å². The van der Waals surface area contributed by atoms with Gasteiger partial charge in [0, 0.05) is 13.0 Å². The van der Waals surface area contributed by atoms with Crippen LogP contribution in [0.5, 0.6) is 5.75 Å². The standard InChI is InChI=1S/C18H22N4O3/c1-4-22-12(3)17(11(2)21-22)20-16(24)10-25-14-7-5-6-13-8-9-15(23)19-18(13)14/h5-7H,4,8-10H2,1-3H3,(H,19,23)(H,20,24). The number of rotatable bonds is 5. The Morgan fingerprint density at radius 2 is 2.16 bits per heavy atom. The third-order valence-electron chi connectivity index (χ3n) is 4.30. The number of para-hydroxylation sites is 1.